The Morgan fingerprint density at radius 2 is 2.00 bits per heavy atom. The van der Waals surface area contributed by atoms with Gasteiger partial charge in [-0.2, -0.15) is 0 Å². The molecule has 1 saturated carbocycles. The van der Waals surface area contributed by atoms with E-state index in [4.69, 9.17) is 10.5 Å². The highest BCUT2D eigenvalue weighted by molar-refractivity contribution is 5.84. The Bertz CT molecular complexity index is 295. The van der Waals surface area contributed by atoms with E-state index in [0.29, 0.717) is 24.5 Å². The summed E-state index contributed by atoms with van der Waals surface area (Å²) in [6.07, 6.45) is 5.68. The second kappa shape index (κ2) is 6.71. The summed E-state index contributed by atoms with van der Waals surface area (Å²) in [5.74, 6) is -0.303. The molecule has 0 aromatic carbocycles. The molecule has 0 aliphatic heterocycles. The van der Waals surface area contributed by atoms with Gasteiger partial charge in [-0.15, -0.1) is 0 Å². The number of ether oxygens (including phenoxy) is 1. The van der Waals surface area contributed by atoms with Gasteiger partial charge < -0.3 is 15.8 Å². The Hall–Kier alpha value is -0.610. The molecule has 1 aliphatic rings. The molecule has 0 aromatic heterocycles. The summed E-state index contributed by atoms with van der Waals surface area (Å²) in [5.41, 5.74) is 5.27. The summed E-state index contributed by atoms with van der Waals surface area (Å²) in [5, 5.41) is 3.15. The minimum atomic E-state index is -0.650. The number of carbonyl (C=O) groups excluding carboxylic acids is 1. The lowest BCUT2D eigenvalue weighted by Gasteiger charge is -2.35. The third-order valence-electron chi connectivity index (χ3n) is 4.35. The minimum absolute atomic E-state index is 0.303. The molecule has 1 atom stereocenters. The summed E-state index contributed by atoms with van der Waals surface area (Å²) < 4.78 is 5.92. The van der Waals surface area contributed by atoms with Crippen molar-refractivity contribution in [2.45, 2.75) is 71.4 Å². The summed E-state index contributed by atoms with van der Waals surface area (Å²) in [6, 6.07) is 0. The Labute approximate surface area is 117 Å². The maximum atomic E-state index is 11.5. The topological polar surface area (TPSA) is 64.3 Å². The molecule has 0 heterocycles. The number of primary amides is 1. The summed E-state index contributed by atoms with van der Waals surface area (Å²) in [4.78, 5) is 11.5. The molecule has 0 aromatic rings. The summed E-state index contributed by atoms with van der Waals surface area (Å²) in [7, 11) is 0. The lowest BCUT2D eigenvalue weighted by atomic mass is 9.76. The van der Waals surface area contributed by atoms with Crippen molar-refractivity contribution in [1.29, 1.82) is 0 Å². The van der Waals surface area contributed by atoms with Crippen LogP contribution in [0.4, 0.5) is 0 Å². The van der Waals surface area contributed by atoms with Crippen LogP contribution in [0.1, 0.15) is 59.8 Å². The molecule has 1 rings (SSSR count). The van der Waals surface area contributed by atoms with Gasteiger partial charge in [0.2, 0.25) is 5.91 Å². The van der Waals surface area contributed by atoms with Crippen molar-refractivity contribution in [3.8, 4) is 0 Å². The number of likely N-dealkylation sites (N-methyl/N-ethyl adjacent to an activating group) is 1. The van der Waals surface area contributed by atoms with Gasteiger partial charge in [0, 0.05) is 6.61 Å². The zero-order valence-corrected chi connectivity index (χ0v) is 12.9. The Balaban J connectivity index is 2.31. The lowest BCUT2D eigenvalue weighted by molar-refractivity contribution is -0.125. The van der Waals surface area contributed by atoms with E-state index < -0.39 is 5.54 Å². The number of carbonyl (C=O) groups is 1. The number of nitrogens with two attached hydrogens (primary N) is 1. The Morgan fingerprint density at radius 1 is 1.42 bits per heavy atom. The van der Waals surface area contributed by atoms with Crippen LogP contribution in [0.15, 0.2) is 0 Å². The number of rotatable bonds is 7. The molecule has 3 N–H and O–H groups in total. The number of nitrogens with one attached hydrogen (secondary N) is 1. The first-order valence-corrected chi connectivity index (χ1v) is 7.45. The van der Waals surface area contributed by atoms with Gasteiger partial charge in [-0.3, -0.25) is 4.79 Å². The van der Waals surface area contributed by atoms with Gasteiger partial charge in [0.1, 0.15) is 0 Å². The van der Waals surface area contributed by atoms with Crippen LogP contribution in [0.3, 0.4) is 0 Å². The average Bonchev–Trinajstić information content (AvgIpc) is 2.31. The Kier molecular flexibility index (Phi) is 5.81. The van der Waals surface area contributed by atoms with Crippen molar-refractivity contribution in [3.63, 3.8) is 0 Å². The van der Waals surface area contributed by atoms with E-state index in [1.54, 1.807) is 0 Å². The van der Waals surface area contributed by atoms with Crippen LogP contribution in [0.25, 0.3) is 0 Å². The van der Waals surface area contributed by atoms with Gasteiger partial charge in [-0.05, 0) is 51.0 Å². The smallest absolute Gasteiger partial charge is 0.237 e. The van der Waals surface area contributed by atoms with Crippen LogP contribution < -0.4 is 11.1 Å². The van der Waals surface area contributed by atoms with Crippen LogP contribution in [0.2, 0.25) is 0 Å². The molecule has 4 heteroatoms. The monoisotopic (exact) mass is 270 g/mol. The zero-order chi connectivity index (χ0) is 14.5. The standard InChI is InChI=1S/C15H30N2O2/c1-5-17-15(4,13(16)18)10-11-19-12-6-8-14(2,3)9-7-12/h12,17H,5-11H2,1-4H3,(H2,16,18). The molecule has 0 spiro atoms. The van der Waals surface area contributed by atoms with Crippen molar-refractivity contribution in [2.24, 2.45) is 11.1 Å². The predicted octanol–water partition coefficient (Wildman–Crippen LogP) is 2.22. The van der Waals surface area contributed by atoms with Crippen molar-refractivity contribution < 1.29 is 9.53 Å². The van der Waals surface area contributed by atoms with Crippen LogP contribution in [0.5, 0.6) is 0 Å². The van der Waals surface area contributed by atoms with E-state index >= 15 is 0 Å². The molecule has 1 fully saturated rings. The predicted molar refractivity (Wildman–Crippen MR) is 77.9 cm³/mol. The van der Waals surface area contributed by atoms with E-state index in [1.165, 1.54) is 12.8 Å². The van der Waals surface area contributed by atoms with E-state index in [9.17, 15) is 4.79 Å². The number of hydrogen-bond donors (Lipinski definition) is 2. The minimum Gasteiger partial charge on any atom is -0.378 e. The molecule has 1 aliphatic carbocycles. The molecular weight excluding hydrogens is 240 g/mol. The maximum Gasteiger partial charge on any atom is 0.237 e. The SMILES string of the molecule is CCNC(C)(CCOC1CCC(C)(C)CC1)C(N)=O. The second-order valence-corrected chi connectivity index (χ2v) is 6.71. The van der Waals surface area contributed by atoms with Crippen molar-refractivity contribution in [2.75, 3.05) is 13.2 Å². The fraction of sp³-hybridized carbons (Fsp3) is 0.933. The highest BCUT2D eigenvalue weighted by Gasteiger charge is 2.31. The normalized spacial score (nSPS) is 22.9. The highest BCUT2D eigenvalue weighted by atomic mass is 16.5. The number of amides is 1. The van der Waals surface area contributed by atoms with Gasteiger partial charge in [0.15, 0.2) is 0 Å². The first-order valence-electron chi connectivity index (χ1n) is 7.45. The van der Waals surface area contributed by atoms with Crippen molar-refractivity contribution >= 4 is 5.91 Å². The zero-order valence-electron chi connectivity index (χ0n) is 12.9. The van der Waals surface area contributed by atoms with Crippen LogP contribution in [-0.2, 0) is 9.53 Å². The maximum absolute atomic E-state index is 11.5. The molecule has 1 amide bonds. The van der Waals surface area contributed by atoms with Gasteiger partial charge in [-0.1, -0.05) is 20.8 Å². The van der Waals surface area contributed by atoms with Gasteiger partial charge in [0.25, 0.3) is 0 Å². The highest BCUT2D eigenvalue weighted by Crippen LogP contribution is 2.36. The van der Waals surface area contributed by atoms with Crippen LogP contribution in [0, 0.1) is 5.41 Å². The summed E-state index contributed by atoms with van der Waals surface area (Å²) in [6.45, 7) is 9.79. The van der Waals surface area contributed by atoms with Gasteiger partial charge in [-0.25, -0.2) is 0 Å². The molecule has 112 valence electrons. The van der Waals surface area contributed by atoms with Gasteiger partial charge >= 0.3 is 0 Å². The van der Waals surface area contributed by atoms with E-state index in [0.717, 1.165) is 19.4 Å². The van der Waals surface area contributed by atoms with E-state index in [1.807, 2.05) is 13.8 Å². The van der Waals surface area contributed by atoms with E-state index in [2.05, 4.69) is 19.2 Å². The molecule has 0 radical (unpaired) electrons. The fourth-order valence-corrected chi connectivity index (χ4v) is 2.66. The Morgan fingerprint density at radius 3 is 2.47 bits per heavy atom. The number of hydrogen-bond acceptors (Lipinski definition) is 3. The molecule has 1 unspecified atom stereocenters. The van der Waals surface area contributed by atoms with E-state index in [-0.39, 0.29) is 5.91 Å². The molecule has 4 nitrogen and oxygen atoms in total. The molecule has 19 heavy (non-hydrogen) atoms. The average molecular weight is 270 g/mol. The third-order valence-corrected chi connectivity index (χ3v) is 4.35. The van der Waals surface area contributed by atoms with Crippen molar-refractivity contribution in [3.05, 3.63) is 0 Å². The molecular formula is C15H30N2O2. The quantitative estimate of drug-likeness (QED) is 0.745. The third kappa shape index (κ3) is 5.11. The van der Waals surface area contributed by atoms with Crippen LogP contribution in [-0.4, -0.2) is 30.7 Å². The van der Waals surface area contributed by atoms with Crippen LogP contribution >= 0.6 is 0 Å². The lowest BCUT2D eigenvalue weighted by Crippen LogP contribution is -2.53. The first-order chi connectivity index (χ1) is 8.79. The summed E-state index contributed by atoms with van der Waals surface area (Å²) >= 11 is 0. The molecule has 0 saturated heterocycles. The largest absolute Gasteiger partial charge is 0.378 e. The second-order valence-electron chi connectivity index (χ2n) is 6.71. The van der Waals surface area contributed by atoms with Gasteiger partial charge in [0.05, 0.1) is 11.6 Å². The first kappa shape index (κ1) is 16.4. The fourth-order valence-electron chi connectivity index (χ4n) is 2.66. The molecule has 0 bridgehead atoms. The van der Waals surface area contributed by atoms with Crippen molar-refractivity contribution in [1.82, 2.24) is 5.32 Å².